The highest BCUT2D eigenvalue weighted by molar-refractivity contribution is 7.78. The molecule has 0 bridgehead atoms. The van der Waals surface area contributed by atoms with Crippen molar-refractivity contribution in [3.05, 3.63) is 64.3 Å². The second-order valence-corrected chi connectivity index (χ2v) is 16.3. The number of nitrogens with one attached hydrogen (secondary N) is 3. The first-order chi connectivity index (χ1) is 24.4. The Balaban J connectivity index is 1.07. The zero-order chi connectivity index (χ0) is 36.3. The van der Waals surface area contributed by atoms with Crippen molar-refractivity contribution < 1.29 is 18.0 Å². The molecule has 2 amide bonds. The smallest absolute Gasteiger partial charge is 0.288 e. The molecular formula is C39H53N7O4S. The Labute approximate surface area is 304 Å². The minimum atomic E-state index is -1.90. The summed E-state index contributed by atoms with van der Waals surface area (Å²) in [6.45, 7) is 12.5. The molecule has 2 fully saturated rings. The number of nitrogens with zero attached hydrogens (tertiary/aromatic N) is 4. The zero-order valence-corrected chi connectivity index (χ0v) is 31.8. The van der Waals surface area contributed by atoms with Gasteiger partial charge >= 0.3 is 0 Å². The van der Waals surface area contributed by atoms with Gasteiger partial charge < -0.3 is 14.4 Å². The Hall–Kier alpha value is -4.03. The number of aromatic amines is 1. The number of hydrogen-bond donors (Lipinski definition) is 3. The van der Waals surface area contributed by atoms with Crippen LogP contribution in [0.2, 0.25) is 0 Å². The van der Waals surface area contributed by atoms with E-state index in [1.165, 1.54) is 12.8 Å². The quantitative estimate of drug-likeness (QED) is 0.146. The van der Waals surface area contributed by atoms with Crippen LogP contribution in [-0.2, 0) is 21.5 Å². The Morgan fingerprint density at radius 1 is 0.941 bits per heavy atom. The Kier molecular flexibility index (Phi) is 11.3. The van der Waals surface area contributed by atoms with E-state index in [4.69, 9.17) is 4.18 Å². The van der Waals surface area contributed by atoms with Gasteiger partial charge in [-0.3, -0.25) is 14.7 Å². The minimum absolute atomic E-state index is 0.0375. The molecule has 0 saturated heterocycles. The summed E-state index contributed by atoms with van der Waals surface area (Å²) in [5.41, 5.74) is 6.74. The summed E-state index contributed by atoms with van der Waals surface area (Å²) in [5, 5.41) is 15.4. The van der Waals surface area contributed by atoms with Crippen LogP contribution in [0, 0.1) is 20.8 Å². The van der Waals surface area contributed by atoms with Gasteiger partial charge in [0.2, 0.25) is 5.91 Å². The van der Waals surface area contributed by atoms with Crippen LogP contribution in [0.15, 0.2) is 36.4 Å². The van der Waals surface area contributed by atoms with E-state index >= 15 is 0 Å². The highest BCUT2D eigenvalue weighted by Gasteiger charge is 2.33. The van der Waals surface area contributed by atoms with Crippen molar-refractivity contribution in [2.45, 2.75) is 130 Å². The Bertz CT molecular complexity index is 1880. The zero-order valence-electron chi connectivity index (χ0n) is 30.9. The van der Waals surface area contributed by atoms with Gasteiger partial charge in [-0.25, -0.2) is 9.24 Å². The van der Waals surface area contributed by atoms with Crippen molar-refractivity contribution in [3.63, 3.8) is 0 Å². The topological polar surface area (TPSA) is 134 Å². The normalized spacial score (nSPS) is 16.7. The van der Waals surface area contributed by atoms with Gasteiger partial charge in [0.15, 0.2) is 11.5 Å². The van der Waals surface area contributed by atoms with Crippen molar-refractivity contribution in [1.82, 2.24) is 29.4 Å². The highest BCUT2D eigenvalue weighted by Crippen LogP contribution is 2.35. The van der Waals surface area contributed by atoms with Gasteiger partial charge in [-0.2, -0.15) is 4.21 Å². The molecule has 4 aromatic rings. The van der Waals surface area contributed by atoms with Gasteiger partial charge in [0.05, 0.1) is 0 Å². The van der Waals surface area contributed by atoms with Crippen LogP contribution < -0.4 is 14.2 Å². The summed E-state index contributed by atoms with van der Waals surface area (Å²) >= 11 is -1.90. The summed E-state index contributed by atoms with van der Waals surface area (Å²) in [5.74, 6) is 0.846. The van der Waals surface area contributed by atoms with Crippen molar-refractivity contribution in [2.24, 2.45) is 0 Å². The predicted octanol–water partition coefficient (Wildman–Crippen LogP) is 7.63. The molecule has 2 heterocycles. The third-order valence-electron chi connectivity index (χ3n) is 10.5. The molecule has 51 heavy (non-hydrogen) atoms. The lowest BCUT2D eigenvalue weighted by atomic mass is 9.88. The molecule has 6 rings (SSSR count). The number of aromatic nitrogens is 4. The molecule has 2 aliphatic carbocycles. The molecule has 0 spiro atoms. The van der Waals surface area contributed by atoms with E-state index in [-0.39, 0.29) is 42.3 Å². The predicted molar refractivity (Wildman–Crippen MR) is 202 cm³/mol. The first-order valence-corrected chi connectivity index (χ1v) is 19.6. The van der Waals surface area contributed by atoms with Crippen molar-refractivity contribution in [2.75, 3.05) is 11.9 Å². The number of amides is 2. The first-order valence-electron chi connectivity index (χ1n) is 18.5. The number of carbonyl (C=O) groups is 2. The molecule has 12 heteroatoms. The molecule has 2 saturated carbocycles. The van der Waals surface area contributed by atoms with Gasteiger partial charge in [0, 0.05) is 59.0 Å². The first kappa shape index (κ1) is 36.8. The summed E-state index contributed by atoms with van der Waals surface area (Å²) in [7, 11) is 0. The minimum Gasteiger partial charge on any atom is -0.389 e. The van der Waals surface area contributed by atoms with Crippen LogP contribution in [0.1, 0.15) is 124 Å². The van der Waals surface area contributed by atoms with Gasteiger partial charge in [-0.1, -0.05) is 71.4 Å². The van der Waals surface area contributed by atoms with Gasteiger partial charge in [0.25, 0.3) is 17.2 Å². The molecule has 274 valence electrons. The standard InChI is InChI=1S/C39H53N7O4S/c1-25-22-26(2)36(27(3)35(25)37-43-42-33-24-32(39(4,5)6)44-46(33)37)41-34(47)20-21-40-51(49)50-31-19-13-14-28(23-31)38(48)45(29-15-9-7-10-16-29)30-17-11-8-12-18-30/h13-14,19,22-24,29-30,40,44H,7-12,15-18,20-21H2,1-6H3,(H,41,47). The van der Waals surface area contributed by atoms with Gasteiger partial charge in [-0.15, -0.1) is 10.2 Å². The van der Waals surface area contributed by atoms with Crippen LogP contribution in [0.3, 0.4) is 0 Å². The Morgan fingerprint density at radius 2 is 1.61 bits per heavy atom. The molecule has 0 aliphatic heterocycles. The molecule has 3 N–H and O–H groups in total. The largest absolute Gasteiger partial charge is 0.389 e. The molecule has 11 nitrogen and oxygen atoms in total. The van der Waals surface area contributed by atoms with Crippen LogP contribution in [0.5, 0.6) is 5.75 Å². The molecule has 0 radical (unpaired) electrons. The highest BCUT2D eigenvalue weighted by atomic mass is 32.2. The average molecular weight is 716 g/mol. The number of anilines is 1. The lowest BCUT2D eigenvalue weighted by Crippen LogP contribution is -2.48. The number of hydrogen-bond acceptors (Lipinski definition) is 6. The Morgan fingerprint density at radius 3 is 2.25 bits per heavy atom. The monoisotopic (exact) mass is 715 g/mol. The lowest BCUT2D eigenvalue weighted by Gasteiger charge is -2.42. The second kappa shape index (κ2) is 15.7. The summed E-state index contributed by atoms with van der Waals surface area (Å²) in [6, 6.07) is 11.6. The van der Waals surface area contributed by atoms with Crippen molar-refractivity contribution >= 4 is 34.4 Å². The average Bonchev–Trinajstić information content (AvgIpc) is 3.70. The number of aryl methyl sites for hydroxylation is 2. The maximum atomic E-state index is 14.0. The van der Waals surface area contributed by atoms with E-state index in [9.17, 15) is 13.8 Å². The fourth-order valence-corrected chi connectivity index (χ4v) is 8.40. The molecule has 2 aliphatic rings. The third-order valence-corrected chi connectivity index (χ3v) is 11.2. The number of benzene rings is 2. The number of rotatable bonds is 11. The summed E-state index contributed by atoms with van der Waals surface area (Å²) < 4.78 is 23.3. The maximum Gasteiger partial charge on any atom is 0.288 e. The number of H-pyrrole nitrogens is 1. The molecular weight excluding hydrogens is 663 g/mol. The van der Waals surface area contributed by atoms with Crippen molar-refractivity contribution in [1.29, 1.82) is 0 Å². The van der Waals surface area contributed by atoms with E-state index in [1.54, 1.807) is 18.2 Å². The maximum absolute atomic E-state index is 14.0. The fraction of sp³-hybridized carbons (Fsp3) is 0.538. The fourth-order valence-electron chi connectivity index (χ4n) is 7.79. The molecule has 2 aromatic heterocycles. The number of fused-ring (bicyclic) bond motifs is 1. The van der Waals surface area contributed by atoms with Gasteiger partial charge in [0.1, 0.15) is 5.75 Å². The van der Waals surface area contributed by atoms with Crippen LogP contribution in [0.4, 0.5) is 5.69 Å². The van der Waals surface area contributed by atoms with E-state index in [1.807, 2.05) is 43.5 Å². The summed E-state index contributed by atoms with van der Waals surface area (Å²) in [4.78, 5) is 29.3. The van der Waals surface area contributed by atoms with E-state index in [2.05, 4.69) is 51.0 Å². The lowest BCUT2D eigenvalue weighted by molar-refractivity contribution is -0.116. The molecule has 1 atom stereocenters. The van der Waals surface area contributed by atoms with E-state index in [0.717, 1.165) is 85.0 Å². The number of carbonyl (C=O) groups excluding carboxylic acids is 2. The van der Waals surface area contributed by atoms with Crippen LogP contribution in [0.25, 0.3) is 17.0 Å². The van der Waals surface area contributed by atoms with E-state index < -0.39 is 11.3 Å². The van der Waals surface area contributed by atoms with E-state index in [0.29, 0.717) is 22.8 Å². The van der Waals surface area contributed by atoms with Gasteiger partial charge in [-0.05, 0) is 81.3 Å². The SMILES string of the molecule is Cc1cc(C)c(-c2nnc3cc(C(C)(C)C)[nH]n23)c(C)c1NC(=O)CCNS(=O)Oc1cccc(C(=O)N(C2CCCCC2)C2CCCCC2)c1. The van der Waals surface area contributed by atoms with Crippen molar-refractivity contribution in [3.8, 4) is 17.1 Å². The molecule has 2 aromatic carbocycles. The molecule has 1 unspecified atom stereocenters. The van der Waals surface area contributed by atoms with Crippen LogP contribution >= 0.6 is 0 Å². The second-order valence-electron chi connectivity index (χ2n) is 15.4. The third kappa shape index (κ3) is 8.38. The van der Waals surface area contributed by atoms with Crippen LogP contribution in [-0.4, -0.2) is 59.4 Å². The summed E-state index contributed by atoms with van der Waals surface area (Å²) in [6.07, 6.45) is 11.4.